The summed E-state index contributed by atoms with van der Waals surface area (Å²) >= 11 is 6.44. The molecular formula is C35H47ClN2O7S. The highest BCUT2D eigenvalue weighted by Gasteiger charge is 2.42. The first-order chi connectivity index (χ1) is 21.9. The molecule has 2 heterocycles. The molecule has 6 atom stereocenters. The van der Waals surface area contributed by atoms with E-state index in [2.05, 4.69) is 29.5 Å². The molecule has 3 N–H and O–H groups in total. The number of aryl methyl sites for hydroxylation is 1. The van der Waals surface area contributed by atoms with Gasteiger partial charge in [-0.25, -0.2) is 13.1 Å². The average Bonchev–Trinajstić information content (AvgIpc) is 3.15. The third-order valence-electron chi connectivity index (χ3n) is 9.76. The summed E-state index contributed by atoms with van der Waals surface area (Å²) in [4.78, 5) is 15.6. The zero-order valence-corrected chi connectivity index (χ0v) is 28.5. The lowest BCUT2D eigenvalue weighted by Gasteiger charge is -2.45. The van der Waals surface area contributed by atoms with E-state index in [1.165, 1.54) is 11.1 Å². The van der Waals surface area contributed by atoms with E-state index in [1.807, 2.05) is 24.3 Å². The number of amides is 1. The Morgan fingerprint density at radius 3 is 2.72 bits per heavy atom. The smallest absolute Gasteiger partial charge is 0.264 e. The van der Waals surface area contributed by atoms with Gasteiger partial charge in [0, 0.05) is 29.1 Å². The van der Waals surface area contributed by atoms with Gasteiger partial charge in [0.2, 0.25) is 10.0 Å². The fraction of sp³-hybridized carbons (Fsp3) is 0.571. The number of nitrogens with one attached hydrogen (secondary N) is 1. The van der Waals surface area contributed by atoms with Crippen molar-refractivity contribution in [1.29, 1.82) is 0 Å². The number of sulfonamides is 1. The van der Waals surface area contributed by atoms with Crippen LogP contribution in [0.2, 0.25) is 5.02 Å². The molecule has 2 aliphatic heterocycles. The number of carbonyl (C=O) groups is 1. The van der Waals surface area contributed by atoms with Gasteiger partial charge in [-0.05, 0) is 92.3 Å². The van der Waals surface area contributed by atoms with Crippen molar-refractivity contribution in [2.45, 2.75) is 82.2 Å². The number of anilines is 1. The van der Waals surface area contributed by atoms with Crippen LogP contribution in [0.5, 0.6) is 5.75 Å². The highest BCUT2D eigenvalue weighted by Crippen LogP contribution is 2.44. The first-order valence-electron chi connectivity index (χ1n) is 16.4. The molecule has 1 aliphatic carbocycles. The topological polar surface area (TPSA) is 125 Å². The summed E-state index contributed by atoms with van der Waals surface area (Å²) in [7, 11) is -3.92. The summed E-state index contributed by atoms with van der Waals surface area (Å²) < 4.78 is 41.2. The second-order valence-corrected chi connectivity index (χ2v) is 15.9. The summed E-state index contributed by atoms with van der Waals surface area (Å²) in [6.45, 7) is 7.24. The number of benzene rings is 2. The molecule has 5 rings (SSSR count). The van der Waals surface area contributed by atoms with Crippen LogP contribution in [0.1, 0.15) is 74.4 Å². The molecule has 46 heavy (non-hydrogen) atoms. The number of nitrogens with zero attached hydrogens (tertiary/aromatic N) is 1. The number of halogens is 1. The lowest BCUT2D eigenvalue weighted by Crippen LogP contribution is -2.48. The van der Waals surface area contributed by atoms with Gasteiger partial charge in [0.1, 0.15) is 11.9 Å². The number of hydrogen-bond acceptors (Lipinski definition) is 8. The molecule has 2 aromatic rings. The van der Waals surface area contributed by atoms with Gasteiger partial charge in [-0.2, -0.15) is 0 Å². The number of rotatable bonds is 7. The molecule has 1 saturated carbocycles. The Morgan fingerprint density at radius 2 is 2.00 bits per heavy atom. The average molecular weight is 675 g/mol. The van der Waals surface area contributed by atoms with Crippen LogP contribution in [0.3, 0.4) is 0 Å². The van der Waals surface area contributed by atoms with Crippen molar-refractivity contribution in [2.24, 2.45) is 11.8 Å². The zero-order valence-electron chi connectivity index (χ0n) is 27.0. The molecule has 252 valence electrons. The number of aliphatic hydroxyl groups is 2. The maximum atomic E-state index is 13.3. The monoisotopic (exact) mass is 674 g/mol. The molecule has 1 amide bonds. The van der Waals surface area contributed by atoms with Crippen molar-refractivity contribution < 1.29 is 32.9 Å². The Morgan fingerprint density at radius 1 is 1.20 bits per heavy atom. The number of ether oxygens (including phenoxy) is 2. The van der Waals surface area contributed by atoms with Crippen LogP contribution >= 0.6 is 11.6 Å². The van der Waals surface area contributed by atoms with E-state index in [-0.39, 0.29) is 36.7 Å². The van der Waals surface area contributed by atoms with Crippen LogP contribution in [-0.2, 0) is 26.6 Å². The molecule has 0 aromatic heterocycles. The molecule has 0 saturated heterocycles. The van der Waals surface area contributed by atoms with E-state index in [0.717, 1.165) is 31.4 Å². The van der Waals surface area contributed by atoms with Crippen LogP contribution in [0.15, 0.2) is 48.6 Å². The summed E-state index contributed by atoms with van der Waals surface area (Å²) in [6.07, 6.45) is 7.21. The van der Waals surface area contributed by atoms with E-state index >= 15 is 0 Å². The molecule has 1 fully saturated rings. The quantitative estimate of drug-likeness (QED) is 0.350. The fourth-order valence-corrected chi connectivity index (χ4v) is 8.13. The number of allylic oxidation sites excluding steroid dienone is 1. The Labute approximate surface area is 278 Å². The molecule has 0 spiro atoms. The minimum Gasteiger partial charge on any atom is -0.490 e. The molecule has 2 bridgehead atoms. The van der Waals surface area contributed by atoms with Gasteiger partial charge < -0.3 is 24.6 Å². The molecule has 0 unspecified atom stereocenters. The standard InChI is InChI=1S/C35H47ClN2O7S/c1-4-7-24-16-27(36)12-14-30(24)35(3)21-38-18-26-10-13-29(26)32(44-20-28(40)19-39)9-6-5-8-23(2)46(42,43)37-34(41)25-11-15-33(45-22-35)31(38)17-25/h6,9,11-12,14-17,23,26,28-29,32,39-40H,4-5,7-8,10,13,18-22H2,1-3H3,(H,37,41)/b9-6+/t23-,26+,28+,29-,32+,35+/m1/s1. The first-order valence-corrected chi connectivity index (χ1v) is 18.3. The van der Waals surface area contributed by atoms with E-state index in [1.54, 1.807) is 25.1 Å². The van der Waals surface area contributed by atoms with Crippen molar-refractivity contribution in [3.05, 3.63) is 70.3 Å². The van der Waals surface area contributed by atoms with Gasteiger partial charge >= 0.3 is 0 Å². The van der Waals surface area contributed by atoms with E-state index < -0.39 is 32.7 Å². The van der Waals surface area contributed by atoms with Crippen molar-refractivity contribution in [3.8, 4) is 5.75 Å². The highest BCUT2D eigenvalue weighted by atomic mass is 35.5. The Bertz CT molecular complexity index is 1530. The number of carbonyl (C=O) groups excluding carboxylic acids is 1. The van der Waals surface area contributed by atoms with Crippen LogP contribution in [-0.4, -0.2) is 74.9 Å². The number of fused-ring (bicyclic) bond motifs is 2. The van der Waals surface area contributed by atoms with Crippen LogP contribution in [0.25, 0.3) is 0 Å². The van der Waals surface area contributed by atoms with Crippen molar-refractivity contribution in [3.63, 3.8) is 0 Å². The minimum atomic E-state index is -3.92. The second-order valence-electron chi connectivity index (χ2n) is 13.4. The molecule has 9 nitrogen and oxygen atoms in total. The Hall–Kier alpha value is -2.63. The fourth-order valence-electron chi connectivity index (χ4n) is 6.91. The third-order valence-corrected chi connectivity index (χ3v) is 11.8. The maximum absolute atomic E-state index is 13.3. The summed E-state index contributed by atoms with van der Waals surface area (Å²) in [5.41, 5.74) is 2.93. The maximum Gasteiger partial charge on any atom is 0.264 e. The SMILES string of the molecule is CCCc1cc(Cl)ccc1[C@]1(C)COc2ccc3cc2N(C[C@@H]2CC[C@H]2[C@@H](OC[C@@H](O)CO)/C=C/CC[C@@H](C)S(=O)(=O)NC3=O)C1. The lowest BCUT2D eigenvalue weighted by molar-refractivity contribution is -0.0584. The summed E-state index contributed by atoms with van der Waals surface area (Å²) in [5.74, 6) is 0.386. The summed E-state index contributed by atoms with van der Waals surface area (Å²) in [6, 6.07) is 11.2. The zero-order chi connectivity index (χ0) is 33.1. The molecule has 3 aliphatic rings. The molecule has 0 radical (unpaired) electrons. The normalized spacial score (nSPS) is 29.3. The highest BCUT2D eigenvalue weighted by molar-refractivity contribution is 7.90. The van der Waals surface area contributed by atoms with Gasteiger partial charge in [-0.1, -0.05) is 50.1 Å². The number of hydrogen-bond donors (Lipinski definition) is 3. The van der Waals surface area contributed by atoms with Crippen LogP contribution in [0, 0.1) is 11.8 Å². The van der Waals surface area contributed by atoms with Crippen molar-refractivity contribution in [2.75, 3.05) is 37.8 Å². The Balaban J connectivity index is 1.56. The van der Waals surface area contributed by atoms with Gasteiger partial charge in [0.25, 0.3) is 5.91 Å². The third kappa shape index (κ3) is 7.73. The predicted octanol–water partition coefficient (Wildman–Crippen LogP) is 5.01. The molecular weight excluding hydrogens is 628 g/mol. The van der Waals surface area contributed by atoms with E-state index in [9.17, 15) is 23.4 Å². The minimum absolute atomic E-state index is 0.00410. The van der Waals surface area contributed by atoms with Crippen molar-refractivity contribution >= 4 is 33.2 Å². The number of aliphatic hydroxyl groups excluding tert-OH is 2. The van der Waals surface area contributed by atoms with Gasteiger partial charge in [0.15, 0.2) is 0 Å². The first kappa shape index (κ1) is 34.7. The van der Waals surface area contributed by atoms with Gasteiger partial charge in [-0.3, -0.25) is 4.79 Å². The molecule has 11 heteroatoms. The van der Waals surface area contributed by atoms with Crippen molar-refractivity contribution in [1.82, 2.24) is 4.72 Å². The van der Waals surface area contributed by atoms with Gasteiger partial charge in [0.05, 0.1) is 36.9 Å². The van der Waals surface area contributed by atoms with E-state index in [0.29, 0.717) is 43.3 Å². The van der Waals surface area contributed by atoms with Crippen LogP contribution in [0.4, 0.5) is 5.69 Å². The Kier molecular flexibility index (Phi) is 11.0. The van der Waals surface area contributed by atoms with Crippen LogP contribution < -0.4 is 14.4 Å². The van der Waals surface area contributed by atoms with E-state index in [4.69, 9.17) is 21.1 Å². The van der Waals surface area contributed by atoms with Gasteiger partial charge in [-0.15, -0.1) is 0 Å². The lowest BCUT2D eigenvalue weighted by atomic mass is 9.69. The largest absolute Gasteiger partial charge is 0.490 e. The summed E-state index contributed by atoms with van der Waals surface area (Å²) in [5, 5.41) is 19.3. The predicted molar refractivity (Wildman–Crippen MR) is 180 cm³/mol. The molecule has 2 aromatic carbocycles. The second kappa shape index (κ2) is 14.6.